The number of nitrogens with one attached hydrogen (secondary N) is 1. The van der Waals surface area contributed by atoms with Gasteiger partial charge in [0, 0.05) is 16.6 Å². The molecule has 4 nitrogen and oxygen atoms in total. The maximum absolute atomic E-state index is 12.0. The van der Waals surface area contributed by atoms with Crippen molar-refractivity contribution in [2.75, 3.05) is 6.54 Å². The molecule has 0 unspecified atom stereocenters. The summed E-state index contributed by atoms with van der Waals surface area (Å²) < 4.78 is 27.0. The van der Waals surface area contributed by atoms with Crippen LogP contribution in [-0.2, 0) is 10.0 Å². The SMILES string of the molecule is CC(C)(N)CNS(=O)(=O)c1ccc(Br)c(Cl)c1Cl. The topological polar surface area (TPSA) is 72.2 Å². The zero-order valence-electron chi connectivity index (χ0n) is 9.80. The molecule has 0 saturated heterocycles. The van der Waals surface area contributed by atoms with E-state index in [1.54, 1.807) is 13.8 Å². The first-order chi connectivity index (χ1) is 8.04. The summed E-state index contributed by atoms with van der Waals surface area (Å²) >= 11 is 15.0. The van der Waals surface area contributed by atoms with Gasteiger partial charge < -0.3 is 5.73 Å². The zero-order chi connectivity index (χ0) is 14.1. The van der Waals surface area contributed by atoms with Crippen LogP contribution in [0.15, 0.2) is 21.5 Å². The lowest BCUT2D eigenvalue weighted by Gasteiger charge is -2.19. The first-order valence-corrected chi connectivity index (χ1v) is 8.00. The van der Waals surface area contributed by atoms with E-state index >= 15 is 0 Å². The fraction of sp³-hybridized carbons (Fsp3) is 0.400. The molecule has 0 bridgehead atoms. The summed E-state index contributed by atoms with van der Waals surface area (Å²) in [6.07, 6.45) is 0. The zero-order valence-corrected chi connectivity index (χ0v) is 13.7. The first-order valence-electron chi connectivity index (χ1n) is 4.96. The molecule has 0 amide bonds. The van der Waals surface area contributed by atoms with Gasteiger partial charge in [-0.3, -0.25) is 0 Å². The minimum absolute atomic E-state index is 0.0200. The largest absolute Gasteiger partial charge is 0.324 e. The maximum Gasteiger partial charge on any atom is 0.242 e. The Morgan fingerprint density at radius 2 is 1.89 bits per heavy atom. The first kappa shape index (κ1) is 16.2. The van der Waals surface area contributed by atoms with Crippen molar-refractivity contribution in [1.82, 2.24) is 4.72 Å². The molecule has 0 fully saturated rings. The van der Waals surface area contributed by atoms with Gasteiger partial charge in [0.15, 0.2) is 0 Å². The molecule has 0 radical (unpaired) electrons. The molecule has 0 aliphatic carbocycles. The Bertz CT molecular complexity index is 556. The Hall–Kier alpha value is 0.150. The van der Waals surface area contributed by atoms with Crippen molar-refractivity contribution in [3.05, 3.63) is 26.7 Å². The van der Waals surface area contributed by atoms with Gasteiger partial charge in [-0.1, -0.05) is 23.2 Å². The molecule has 1 aromatic carbocycles. The van der Waals surface area contributed by atoms with Crippen LogP contribution in [0.2, 0.25) is 10.0 Å². The monoisotopic (exact) mass is 374 g/mol. The van der Waals surface area contributed by atoms with Crippen molar-refractivity contribution in [2.45, 2.75) is 24.3 Å². The predicted molar refractivity (Wildman–Crippen MR) is 77.6 cm³/mol. The molecule has 0 aliphatic heterocycles. The van der Waals surface area contributed by atoms with Gasteiger partial charge in [0.2, 0.25) is 10.0 Å². The molecule has 1 rings (SSSR count). The van der Waals surface area contributed by atoms with Crippen LogP contribution in [0.1, 0.15) is 13.8 Å². The summed E-state index contributed by atoms with van der Waals surface area (Å²) in [7, 11) is -3.73. The van der Waals surface area contributed by atoms with E-state index < -0.39 is 15.6 Å². The Balaban J connectivity index is 3.11. The highest BCUT2D eigenvalue weighted by Gasteiger charge is 2.23. The fourth-order valence-electron chi connectivity index (χ4n) is 1.07. The molecule has 0 aliphatic rings. The third kappa shape index (κ3) is 4.08. The van der Waals surface area contributed by atoms with E-state index in [2.05, 4.69) is 20.7 Å². The lowest BCUT2D eigenvalue weighted by Crippen LogP contribution is -2.45. The number of sulfonamides is 1. The van der Waals surface area contributed by atoms with Crippen LogP contribution in [-0.4, -0.2) is 20.5 Å². The van der Waals surface area contributed by atoms with Crippen LogP contribution in [0, 0.1) is 0 Å². The Morgan fingerprint density at radius 3 is 2.39 bits per heavy atom. The number of hydrogen-bond acceptors (Lipinski definition) is 3. The average molecular weight is 376 g/mol. The number of rotatable bonds is 4. The second-order valence-electron chi connectivity index (χ2n) is 4.49. The van der Waals surface area contributed by atoms with Gasteiger partial charge in [-0.2, -0.15) is 0 Å². The number of hydrogen-bond donors (Lipinski definition) is 2. The smallest absolute Gasteiger partial charge is 0.242 e. The second kappa shape index (κ2) is 5.64. The molecule has 8 heteroatoms. The van der Waals surface area contributed by atoms with E-state index in [4.69, 9.17) is 28.9 Å². The highest BCUT2D eigenvalue weighted by Crippen LogP contribution is 2.34. The van der Waals surface area contributed by atoms with Crippen LogP contribution >= 0.6 is 39.1 Å². The average Bonchev–Trinajstić information content (AvgIpc) is 2.22. The number of nitrogens with two attached hydrogens (primary N) is 1. The van der Waals surface area contributed by atoms with E-state index in [0.29, 0.717) is 4.47 Å². The van der Waals surface area contributed by atoms with Crippen molar-refractivity contribution in [1.29, 1.82) is 0 Å². The molecule has 102 valence electrons. The maximum atomic E-state index is 12.0. The third-order valence-corrected chi connectivity index (χ3v) is 5.33. The van der Waals surface area contributed by atoms with E-state index in [9.17, 15) is 8.42 Å². The summed E-state index contributed by atoms with van der Waals surface area (Å²) in [5.41, 5.74) is 5.07. The molecule has 0 heterocycles. The standard InChI is InChI=1S/C10H13BrCl2N2O2S/c1-10(2,14)5-15-18(16,17)7-4-3-6(11)8(12)9(7)13/h3-4,15H,5,14H2,1-2H3. The predicted octanol–water partition coefficient (Wildman–Crippen LogP) is 2.77. The minimum atomic E-state index is -3.73. The van der Waals surface area contributed by atoms with E-state index in [1.807, 2.05) is 0 Å². The highest BCUT2D eigenvalue weighted by atomic mass is 79.9. The minimum Gasteiger partial charge on any atom is -0.324 e. The lowest BCUT2D eigenvalue weighted by molar-refractivity contribution is 0.498. The van der Waals surface area contributed by atoms with Gasteiger partial charge in [-0.25, -0.2) is 13.1 Å². The van der Waals surface area contributed by atoms with Gasteiger partial charge in [0.1, 0.15) is 4.90 Å². The van der Waals surface area contributed by atoms with E-state index in [0.717, 1.165) is 0 Å². The third-order valence-electron chi connectivity index (χ3n) is 2.01. The second-order valence-corrected chi connectivity index (χ2v) is 7.83. The summed E-state index contributed by atoms with van der Waals surface area (Å²) in [6, 6.07) is 2.90. The van der Waals surface area contributed by atoms with Crippen molar-refractivity contribution >= 4 is 49.2 Å². The Kier molecular flexibility index (Phi) is 5.08. The molecular weight excluding hydrogens is 363 g/mol. The molecule has 1 aromatic rings. The Labute approximate surface area is 125 Å². The van der Waals surface area contributed by atoms with Gasteiger partial charge in [-0.15, -0.1) is 0 Å². The van der Waals surface area contributed by atoms with Gasteiger partial charge >= 0.3 is 0 Å². The van der Waals surface area contributed by atoms with Crippen LogP contribution in [0.5, 0.6) is 0 Å². The molecule has 0 aromatic heterocycles. The van der Waals surface area contributed by atoms with Crippen LogP contribution in [0.4, 0.5) is 0 Å². The van der Waals surface area contributed by atoms with E-state index in [-0.39, 0.29) is 21.5 Å². The molecule has 0 saturated carbocycles. The fourth-order valence-corrected chi connectivity index (χ4v) is 3.51. The highest BCUT2D eigenvalue weighted by molar-refractivity contribution is 9.10. The molecule has 3 N–H and O–H groups in total. The normalized spacial score (nSPS) is 12.8. The van der Waals surface area contributed by atoms with E-state index in [1.165, 1.54) is 12.1 Å². The van der Waals surface area contributed by atoms with Gasteiger partial charge in [-0.05, 0) is 41.9 Å². The summed E-state index contributed by atoms with van der Waals surface area (Å²) in [5, 5.41) is 0.139. The lowest BCUT2D eigenvalue weighted by atomic mass is 10.1. The van der Waals surface area contributed by atoms with Crippen molar-refractivity contribution in [3.8, 4) is 0 Å². The molecular formula is C10H13BrCl2N2O2S. The van der Waals surface area contributed by atoms with Gasteiger partial charge in [0.25, 0.3) is 0 Å². The van der Waals surface area contributed by atoms with Crippen LogP contribution in [0.3, 0.4) is 0 Å². The van der Waals surface area contributed by atoms with Gasteiger partial charge in [0.05, 0.1) is 10.0 Å². The molecule has 18 heavy (non-hydrogen) atoms. The molecule has 0 atom stereocenters. The summed E-state index contributed by atoms with van der Waals surface area (Å²) in [4.78, 5) is -0.0679. The molecule has 0 spiro atoms. The van der Waals surface area contributed by atoms with Crippen LogP contribution < -0.4 is 10.5 Å². The quantitative estimate of drug-likeness (QED) is 0.794. The van der Waals surface area contributed by atoms with Crippen LogP contribution in [0.25, 0.3) is 0 Å². The van der Waals surface area contributed by atoms with Crippen molar-refractivity contribution in [3.63, 3.8) is 0 Å². The summed E-state index contributed by atoms with van der Waals surface area (Å²) in [6.45, 7) is 3.52. The number of benzene rings is 1. The number of halogens is 3. The van der Waals surface area contributed by atoms with Crippen molar-refractivity contribution < 1.29 is 8.42 Å². The Morgan fingerprint density at radius 1 is 1.33 bits per heavy atom. The summed E-state index contributed by atoms with van der Waals surface area (Å²) in [5.74, 6) is 0. The van der Waals surface area contributed by atoms with Crippen molar-refractivity contribution in [2.24, 2.45) is 5.73 Å².